The van der Waals surface area contributed by atoms with E-state index in [0.717, 1.165) is 82.9 Å². The number of aromatic nitrogens is 5. The van der Waals surface area contributed by atoms with Crippen molar-refractivity contribution in [1.29, 1.82) is 0 Å². The second kappa shape index (κ2) is 10.3. The summed E-state index contributed by atoms with van der Waals surface area (Å²) in [4.78, 5) is 26.7. The minimum Gasteiger partial charge on any atom is -0.355 e. The Labute approximate surface area is 254 Å². The maximum Gasteiger partial charge on any atom is 0.234 e. The fourth-order valence-electron chi connectivity index (χ4n) is 5.97. The van der Waals surface area contributed by atoms with E-state index in [4.69, 9.17) is 15.0 Å². The zero-order valence-electron chi connectivity index (χ0n) is 23.3. The molecule has 2 aliphatic heterocycles. The molecule has 42 heavy (non-hydrogen) atoms. The van der Waals surface area contributed by atoms with Crippen LogP contribution in [0.5, 0.6) is 0 Å². The van der Waals surface area contributed by atoms with Gasteiger partial charge in [-0.05, 0) is 35.7 Å². The molecule has 0 unspecified atom stereocenters. The van der Waals surface area contributed by atoms with Gasteiger partial charge >= 0.3 is 0 Å². The van der Waals surface area contributed by atoms with E-state index in [1.165, 1.54) is 5.39 Å². The van der Waals surface area contributed by atoms with E-state index in [1.54, 1.807) is 0 Å². The van der Waals surface area contributed by atoms with Crippen LogP contribution in [0.25, 0.3) is 32.9 Å². The van der Waals surface area contributed by atoms with Crippen LogP contribution in [0.1, 0.15) is 0 Å². The number of pyridine rings is 3. The van der Waals surface area contributed by atoms with Gasteiger partial charge in [-0.25, -0.2) is 14.6 Å². The minimum absolute atomic E-state index is 0. The van der Waals surface area contributed by atoms with Gasteiger partial charge in [0.1, 0.15) is 11.6 Å². The van der Waals surface area contributed by atoms with Crippen molar-refractivity contribution < 1.29 is 16.8 Å². The molecule has 0 saturated carbocycles. The first kappa shape index (κ1) is 26.2. The van der Waals surface area contributed by atoms with Crippen LogP contribution in [0.4, 0.5) is 29.2 Å². The predicted molar refractivity (Wildman–Crippen MR) is 165 cm³/mol. The van der Waals surface area contributed by atoms with Crippen LogP contribution >= 0.6 is 0 Å². The Hall–Kier alpha value is -4.67. The Morgan fingerprint density at radius 3 is 2.33 bits per heavy atom. The Balaban J connectivity index is 0.00000288. The molecule has 0 N–H and O–H groups in total. The van der Waals surface area contributed by atoms with Gasteiger partial charge < -0.3 is 14.8 Å². The zero-order chi connectivity index (χ0) is 27.5. The topological polar surface area (TPSA) is 69.5 Å². The summed E-state index contributed by atoms with van der Waals surface area (Å²) in [7, 11) is 4.25. The second-order valence-corrected chi connectivity index (χ2v) is 10.6. The number of imidazole rings is 1. The van der Waals surface area contributed by atoms with Gasteiger partial charge in [0.2, 0.25) is 5.95 Å². The maximum absolute atomic E-state index is 5.26. The number of nitrogens with zero attached hydrogens (tertiary/aromatic N) is 9. The number of hydrogen-bond acceptors (Lipinski definition) is 8. The van der Waals surface area contributed by atoms with E-state index < -0.39 is 0 Å². The van der Waals surface area contributed by atoms with Crippen molar-refractivity contribution in [3.8, 4) is 11.3 Å². The largest absolute Gasteiger partial charge is 0.355 e. The van der Waals surface area contributed by atoms with Gasteiger partial charge in [-0.2, -0.15) is 4.98 Å². The monoisotopic (exact) mass is 598 g/mol. The molecular formula is C32H29CoN9. The number of benzene rings is 2. The zero-order valence-corrected chi connectivity index (χ0v) is 24.4. The molecule has 0 saturated heterocycles. The Morgan fingerprint density at radius 2 is 1.48 bits per heavy atom. The van der Waals surface area contributed by atoms with Gasteiger partial charge in [-0.3, -0.25) is 9.88 Å². The summed E-state index contributed by atoms with van der Waals surface area (Å²) < 4.78 is 2.22. The first-order valence-corrected chi connectivity index (χ1v) is 13.9. The van der Waals surface area contributed by atoms with Gasteiger partial charge in [-0.15, -0.1) is 0 Å². The molecule has 0 fully saturated rings. The summed E-state index contributed by atoms with van der Waals surface area (Å²) in [5.74, 6) is 4.60. The van der Waals surface area contributed by atoms with Crippen molar-refractivity contribution in [2.75, 3.05) is 60.0 Å². The summed E-state index contributed by atoms with van der Waals surface area (Å²) in [5, 5.41) is 5.61. The van der Waals surface area contributed by atoms with E-state index in [1.807, 2.05) is 36.7 Å². The molecule has 0 atom stereocenters. The minimum atomic E-state index is 0. The van der Waals surface area contributed by atoms with E-state index in [0.29, 0.717) is 0 Å². The number of fused-ring (bicyclic) bond motifs is 5. The SMILES string of the molecule is CN1CCN(c2ccccn2)c2nc3n(c21)N(C)CCN3c1ccc2cccc(-c3cc4ccccc4cn3)c2n1.[Co]. The van der Waals surface area contributed by atoms with Crippen molar-refractivity contribution >= 4 is 50.9 Å². The number of para-hydroxylation sites is 1. The van der Waals surface area contributed by atoms with Gasteiger partial charge in [0, 0.05) is 79.2 Å². The molecule has 0 aliphatic carbocycles. The molecule has 8 rings (SSSR count). The molecule has 6 heterocycles. The molecule has 9 nitrogen and oxygen atoms in total. The average molecular weight is 599 g/mol. The van der Waals surface area contributed by atoms with Crippen LogP contribution in [0, 0.1) is 0 Å². The van der Waals surface area contributed by atoms with Gasteiger partial charge in [0.15, 0.2) is 11.6 Å². The maximum atomic E-state index is 5.26. The molecule has 211 valence electrons. The fourth-order valence-corrected chi connectivity index (χ4v) is 5.97. The molecule has 2 aliphatic rings. The predicted octanol–water partition coefficient (Wildman–Crippen LogP) is 5.35. The average Bonchev–Trinajstić information content (AvgIpc) is 3.43. The fraction of sp³-hybridized carbons (Fsp3) is 0.188. The number of likely N-dealkylation sites (N-methyl/N-ethyl adjacent to an activating group) is 2. The molecule has 4 aromatic heterocycles. The van der Waals surface area contributed by atoms with Crippen LogP contribution < -0.4 is 19.7 Å². The molecule has 0 amide bonds. The Bertz CT molecular complexity index is 1920. The van der Waals surface area contributed by atoms with E-state index in [-0.39, 0.29) is 16.8 Å². The number of rotatable bonds is 3. The summed E-state index contributed by atoms with van der Waals surface area (Å²) in [6, 6.07) is 27.0. The van der Waals surface area contributed by atoms with E-state index in [2.05, 4.69) is 98.1 Å². The van der Waals surface area contributed by atoms with Crippen molar-refractivity contribution in [2.24, 2.45) is 0 Å². The quantitative estimate of drug-likeness (QED) is 0.270. The van der Waals surface area contributed by atoms with Crippen LogP contribution in [-0.4, -0.2) is 64.9 Å². The first-order valence-electron chi connectivity index (χ1n) is 13.9. The van der Waals surface area contributed by atoms with Crippen molar-refractivity contribution in [2.45, 2.75) is 0 Å². The molecule has 6 aromatic rings. The van der Waals surface area contributed by atoms with Gasteiger partial charge in [-0.1, -0.05) is 48.5 Å². The third kappa shape index (κ3) is 4.14. The van der Waals surface area contributed by atoms with Gasteiger partial charge in [0.05, 0.1) is 17.8 Å². The summed E-state index contributed by atoms with van der Waals surface area (Å²) in [5.41, 5.74) is 2.87. The first-order chi connectivity index (χ1) is 20.2. The third-order valence-electron chi connectivity index (χ3n) is 8.12. The standard InChI is InChI=1S/C32H29N9.Co/c1-37-16-18-39(27-12-5-6-15-33-27)30-31(37)41-32(36-30)40(19-17-38(41)2)28-14-13-22-10-7-11-25(29(22)35-28)26-20-23-8-3-4-9-24(23)21-34-26;/h3-15,20-21H,16-19H2,1-2H3;. The normalized spacial score (nSPS) is 14.6. The molecular weight excluding hydrogens is 569 g/mol. The number of anilines is 5. The Morgan fingerprint density at radius 1 is 0.667 bits per heavy atom. The third-order valence-corrected chi connectivity index (χ3v) is 8.12. The van der Waals surface area contributed by atoms with Crippen molar-refractivity contribution in [3.05, 3.63) is 91.3 Å². The van der Waals surface area contributed by atoms with Crippen LogP contribution in [0.2, 0.25) is 0 Å². The molecule has 0 spiro atoms. The molecule has 1 radical (unpaired) electrons. The molecule has 10 heteroatoms. The number of hydrogen-bond donors (Lipinski definition) is 0. The van der Waals surface area contributed by atoms with E-state index >= 15 is 0 Å². The summed E-state index contributed by atoms with van der Waals surface area (Å²) in [6.45, 7) is 3.30. The van der Waals surface area contributed by atoms with Crippen molar-refractivity contribution in [1.82, 2.24) is 24.6 Å². The second-order valence-electron chi connectivity index (χ2n) is 10.6. The van der Waals surface area contributed by atoms with Crippen LogP contribution in [0.15, 0.2) is 91.3 Å². The smallest absolute Gasteiger partial charge is 0.234 e. The van der Waals surface area contributed by atoms with E-state index in [9.17, 15) is 0 Å². The summed E-state index contributed by atoms with van der Waals surface area (Å²) >= 11 is 0. The molecule has 0 bridgehead atoms. The molecule has 2 aromatic carbocycles. The van der Waals surface area contributed by atoms with Crippen LogP contribution in [0.3, 0.4) is 0 Å². The Kier molecular flexibility index (Phi) is 6.44. The van der Waals surface area contributed by atoms with Crippen molar-refractivity contribution in [3.63, 3.8) is 0 Å². The summed E-state index contributed by atoms with van der Waals surface area (Å²) in [6.07, 6.45) is 3.78. The van der Waals surface area contributed by atoms with Gasteiger partial charge in [0.25, 0.3) is 0 Å². The van der Waals surface area contributed by atoms with Crippen LogP contribution in [-0.2, 0) is 16.8 Å².